The first-order valence-electron chi connectivity index (χ1n) is 12.5. The second-order valence-electron chi connectivity index (χ2n) is 9.92. The number of hydrogen-bond donors (Lipinski definition) is 3. The quantitative estimate of drug-likeness (QED) is 0.388. The molecule has 4 rings (SSSR count). The number of nitrogens with one attached hydrogen (secondary N) is 2. The average Bonchev–Trinajstić information content (AvgIpc) is 3.55. The molecule has 0 aliphatic carbocycles. The molecule has 1 fully saturated rings. The van der Waals surface area contributed by atoms with Crippen molar-refractivity contribution in [3.63, 3.8) is 0 Å². The number of hydrogen-bond acceptors (Lipinski definition) is 6. The number of amides is 3. The van der Waals surface area contributed by atoms with E-state index in [0.717, 1.165) is 16.7 Å². The molecule has 2 heterocycles. The van der Waals surface area contributed by atoms with Crippen LogP contribution in [0.15, 0.2) is 77.4 Å². The van der Waals surface area contributed by atoms with Crippen molar-refractivity contribution in [2.24, 2.45) is 0 Å². The van der Waals surface area contributed by atoms with E-state index in [-0.39, 0.29) is 24.0 Å². The second-order valence-corrected chi connectivity index (χ2v) is 11.5. The van der Waals surface area contributed by atoms with Gasteiger partial charge in [0.25, 0.3) is 11.8 Å². The molecule has 9 heteroatoms. The van der Waals surface area contributed by atoms with E-state index in [0.29, 0.717) is 6.54 Å². The standard InChI is InChI=1S/C29H33N3O5S/c1-19-10-7-8-13-21(19)17-30-27(35)25-29(2,3)38-18-32(25)28(36)24(33)22(16-20-11-5-4-6-12-20)31-26(34)23-14-9-15-37-23/h4-15,22,24-25,33H,16-18H2,1-3H3,(H,30,35)(H,31,34)/t22?,24-,25+/m0/s1. The Labute approximate surface area is 226 Å². The Morgan fingerprint density at radius 2 is 1.79 bits per heavy atom. The lowest BCUT2D eigenvalue weighted by molar-refractivity contribution is -0.147. The van der Waals surface area contributed by atoms with Crippen LogP contribution in [0.3, 0.4) is 0 Å². The number of benzene rings is 2. The fourth-order valence-corrected chi connectivity index (χ4v) is 5.74. The fourth-order valence-electron chi connectivity index (χ4n) is 4.60. The van der Waals surface area contributed by atoms with E-state index in [1.54, 1.807) is 6.07 Å². The summed E-state index contributed by atoms with van der Waals surface area (Å²) in [7, 11) is 0. The van der Waals surface area contributed by atoms with Crippen LogP contribution in [0.5, 0.6) is 0 Å². The van der Waals surface area contributed by atoms with Crippen LogP contribution in [-0.4, -0.2) is 56.5 Å². The Hall–Kier alpha value is -3.56. The molecule has 1 unspecified atom stereocenters. The van der Waals surface area contributed by atoms with Gasteiger partial charge in [0.2, 0.25) is 5.91 Å². The average molecular weight is 536 g/mol. The molecular formula is C29H33N3O5S. The van der Waals surface area contributed by atoms with Crippen LogP contribution in [0.4, 0.5) is 0 Å². The summed E-state index contributed by atoms with van der Waals surface area (Å²) in [5.41, 5.74) is 2.89. The highest BCUT2D eigenvalue weighted by Gasteiger charge is 2.49. The SMILES string of the molecule is Cc1ccccc1CNC(=O)[C@H]1N(C(=O)[C@@H](O)C(Cc2ccccc2)NC(=O)c2ccco2)CSC1(C)C. The Kier molecular flexibility index (Phi) is 8.58. The number of nitrogens with zero attached hydrogens (tertiary/aromatic N) is 1. The van der Waals surface area contributed by atoms with E-state index in [4.69, 9.17) is 4.42 Å². The van der Waals surface area contributed by atoms with E-state index < -0.39 is 34.7 Å². The van der Waals surface area contributed by atoms with E-state index in [1.807, 2.05) is 75.4 Å². The van der Waals surface area contributed by atoms with Gasteiger partial charge in [-0.25, -0.2) is 0 Å². The molecule has 1 aliphatic rings. The zero-order valence-corrected chi connectivity index (χ0v) is 22.5. The molecule has 0 bridgehead atoms. The molecule has 38 heavy (non-hydrogen) atoms. The number of furan rings is 1. The third-order valence-electron chi connectivity index (χ3n) is 6.79. The topological polar surface area (TPSA) is 112 Å². The number of carbonyl (C=O) groups is 3. The molecule has 3 N–H and O–H groups in total. The van der Waals surface area contributed by atoms with E-state index >= 15 is 0 Å². The van der Waals surface area contributed by atoms with Crippen molar-refractivity contribution in [3.05, 3.63) is 95.4 Å². The Morgan fingerprint density at radius 1 is 1.08 bits per heavy atom. The predicted molar refractivity (Wildman–Crippen MR) is 146 cm³/mol. The van der Waals surface area contributed by atoms with Crippen molar-refractivity contribution >= 4 is 29.5 Å². The van der Waals surface area contributed by atoms with Crippen molar-refractivity contribution in [2.75, 3.05) is 5.88 Å². The first-order chi connectivity index (χ1) is 18.2. The largest absolute Gasteiger partial charge is 0.459 e. The number of carbonyl (C=O) groups excluding carboxylic acids is 3. The van der Waals surface area contributed by atoms with Crippen LogP contribution in [0, 0.1) is 6.92 Å². The molecule has 3 amide bonds. The lowest BCUT2D eigenvalue weighted by Crippen LogP contribution is -2.58. The van der Waals surface area contributed by atoms with Crippen LogP contribution in [0.2, 0.25) is 0 Å². The first-order valence-corrected chi connectivity index (χ1v) is 13.5. The summed E-state index contributed by atoms with van der Waals surface area (Å²) in [6.45, 7) is 6.14. The molecular weight excluding hydrogens is 502 g/mol. The zero-order valence-electron chi connectivity index (χ0n) is 21.7. The lowest BCUT2D eigenvalue weighted by Gasteiger charge is -2.33. The molecule has 0 spiro atoms. The Morgan fingerprint density at radius 3 is 2.47 bits per heavy atom. The third kappa shape index (κ3) is 6.28. The highest BCUT2D eigenvalue weighted by atomic mass is 32.2. The highest BCUT2D eigenvalue weighted by molar-refractivity contribution is 8.00. The van der Waals surface area contributed by atoms with Crippen LogP contribution in [0.25, 0.3) is 0 Å². The van der Waals surface area contributed by atoms with E-state index in [2.05, 4.69) is 10.6 Å². The summed E-state index contributed by atoms with van der Waals surface area (Å²) < 4.78 is 4.62. The number of thioether (sulfide) groups is 1. The van der Waals surface area contributed by atoms with Gasteiger partial charge in [-0.2, -0.15) is 0 Å². The minimum atomic E-state index is -1.57. The Bertz CT molecular complexity index is 1260. The lowest BCUT2D eigenvalue weighted by atomic mass is 9.97. The summed E-state index contributed by atoms with van der Waals surface area (Å²) in [5, 5.41) is 17.0. The number of aliphatic hydroxyl groups is 1. The van der Waals surface area contributed by atoms with E-state index in [1.165, 1.54) is 29.0 Å². The number of aryl methyl sites for hydroxylation is 1. The smallest absolute Gasteiger partial charge is 0.287 e. The van der Waals surface area contributed by atoms with Crippen LogP contribution in [-0.2, 0) is 22.6 Å². The van der Waals surface area contributed by atoms with Gasteiger partial charge in [0, 0.05) is 11.3 Å². The summed E-state index contributed by atoms with van der Waals surface area (Å²) in [5.74, 6) is -1.11. The van der Waals surface area contributed by atoms with Crippen molar-refractivity contribution in [2.45, 2.75) is 56.7 Å². The normalized spacial score (nSPS) is 18.0. The minimum absolute atomic E-state index is 0.0778. The maximum Gasteiger partial charge on any atom is 0.287 e. The zero-order chi connectivity index (χ0) is 27.3. The van der Waals surface area contributed by atoms with Gasteiger partial charge in [0.1, 0.15) is 6.04 Å². The highest BCUT2D eigenvalue weighted by Crippen LogP contribution is 2.40. The Balaban J connectivity index is 1.52. The molecule has 200 valence electrons. The van der Waals surface area contributed by atoms with Gasteiger partial charge in [-0.3, -0.25) is 14.4 Å². The second kappa shape index (κ2) is 11.9. The summed E-state index contributed by atoms with van der Waals surface area (Å²) in [6, 6.07) is 18.4. The van der Waals surface area contributed by atoms with Gasteiger partial charge in [-0.1, -0.05) is 54.6 Å². The maximum atomic E-state index is 13.7. The van der Waals surface area contributed by atoms with Gasteiger partial charge in [-0.15, -0.1) is 11.8 Å². The van der Waals surface area contributed by atoms with Gasteiger partial charge in [0.05, 0.1) is 18.2 Å². The van der Waals surface area contributed by atoms with Gasteiger partial charge in [0.15, 0.2) is 11.9 Å². The molecule has 3 aromatic rings. The maximum absolute atomic E-state index is 13.7. The molecule has 8 nitrogen and oxygen atoms in total. The monoisotopic (exact) mass is 535 g/mol. The van der Waals surface area contributed by atoms with Crippen LogP contribution >= 0.6 is 11.8 Å². The van der Waals surface area contributed by atoms with Crippen molar-refractivity contribution in [1.29, 1.82) is 0 Å². The van der Waals surface area contributed by atoms with Crippen molar-refractivity contribution < 1.29 is 23.9 Å². The first kappa shape index (κ1) is 27.5. The van der Waals surface area contributed by atoms with Gasteiger partial charge in [-0.05, 0) is 56.0 Å². The van der Waals surface area contributed by atoms with Gasteiger partial charge < -0.3 is 25.1 Å². The van der Waals surface area contributed by atoms with Gasteiger partial charge >= 0.3 is 0 Å². The third-order valence-corrected chi connectivity index (χ3v) is 8.16. The molecule has 0 radical (unpaired) electrons. The van der Waals surface area contributed by atoms with Crippen molar-refractivity contribution in [1.82, 2.24) is 15.5 Å². The molecule has 3 atom stereocenters. The van der Waals surface area contributed by atoms with Crippen LogP contribution < -0.4 is 10.6 Å². The number of rotatable bonds is 9. The van der Waals surface area contributed by atoms with E-state index in [9.17, 15) is 19.5 Å². The number of aliphatic hydroxyl groups excluding tert-OH is 1. The molecule has 1 saturated heterocycles. The molecule has 2 aromatic carbocycles. The fraction of sp³-hybridized carbons (Fsp3) is 0.345. The predicted octanol–water partition coefficient (Wildman–Crippen LogP) is 3.29. The van der Waals surface area contributed by atoms with Crippen molar-refractivity contribution in [3.8, 4) is 0 Å². The summed E-state index contributed by atoms with van der Waals surface area (Å²) >= 11 is 1.47. The molecule has 0 saturated carbocycles. The molecule has 1 aliphatic heterocycles. The van der Waals surface area contributed by atoms with Crippen LogP contribution in [0.1, 0.15) is 41.1 Å². The summed E-state index contributed by atoms with van der Waals surface area (Å²) in [6.07, 6.45) is 0.0245. The minimum Gasteiger partial charge on any atom is -0.459 e. The molecule has 1 aromatic heterocycles. The summed E-state index contributed by atoms with van der Waals surface area (Å²) in [4.78, 5) is 41.3.